The summed E-state index contributed by atoms with van der Waals surface area (Å²) in [5, 5.41) is 2.48. The maximum atomic E-state index is 15.9. The van der Waals surface area contributed by atoms with E-state index in [0.717, 1.165) is 17.8 Å². The molecule has 13 heteroatoms. The molecule has 170 valence electrons. The molecule has 0 radical (unpaired) electrons. The van der Waals surface area contributed by atoms with Crippen LogP contribution in [0.1, 0.15) is 28.2 Å². The second kappa shape index (κ2) is 7.96. The zero-order valence-electron chi connectivity index (χ0n) is 16.2. The van der Waals surface area contributed by atoms with Crippen molar-refractivity contribution in [1.82, 2.24) is 9.97 Å². The Kier molecular flexibility index (Phi) is 5.57. The number of hydrogen-bond donors (Lipinski definition) is 2. The van der Waals surface area contributed by atoms with Crippen molar-refractivity contribution in [1.29, 1.82) is 0 Å². The van der Waals surface area contributed by atoms with Gasteiger partial charge in [0.25, 0.3) is 5.91 Å². The lowest BCUT2D eigenvalue weighted by molar-refractivity contribution is -0.141. The molecule has 4 rings (SSSR count). The number of anilines is 1. The molecule has 2 aromatic rings. The zero-order valence-corrected chi connectivity index (χ0v) is 17.1. The molecule has 0 saturated carbocycles. The fraction of sp³-hybridized carbons (Fsp3) is 0.368. The molecule has 7 nitrogen and oxygen atoms in total. The first-order valence-electron chi connectivity index (χ1n) is 9.29. The molecule has 0 spiro atoms. The largest absolute Gasteiger partial charge is 0.434 e. The first kappa shape index (κ1) is 22.4. The van der Waals surface area contributed by atoms with Crippen molar-refractivity contribution in [2.24, 2.45) is 10.7 Å². The number of benzene rings is 1. The van der Waals surface area contributed by atoms with Crippen LogP contribution in [0.25, 0.3) is 0 Å². The maximum absolute atomic E-state index is 15.9. The van der Waals surface area contributed by atoms with E-state index in [9.17, 15) is 22.4 Å². The number of nitrogens with zero attached hydrogens (tertiary/aromatic N) is 3. The van der Waals surface area contributed by atoms with Gasteiger partial charge in [0.15, 0.2) is 16.5 Å². The third kappa shape index (κ3) is 3.90. The molecule has 1 aromatic carbocycles. The van der Waals surface area contributed by atoms with Gasteiger partial charge in [-0.1, -0.05) is 11.8 Å². The van der Waals surface area contributed by atoms with E-state index < -0.39 is 34.8 Å². The molecule has 2 aliphatic heterocycles. The van der Waals surface area contributed by atoms with Crippen LogP contribution in [0, 0.1) is 5.82 Å². The topological polar surface area (TPSA) is 102 Å². The van der Waals surface area contributed by atoms with Crippen molar-refractivity contribution in [3.8, 4) is 0 Å². The smallest absolute Gasteiger partial charge is 0.379 e. The molecule has 32 heavy (non-hydrogen) atoms. The molecular weight excluding hydrogens is 457 g/mol. The van der Waals surface area contributed by atoms with Gasteiger partial charge in [-0.3, -0.25) is 4.79 Å². The highest BCUT2D eigenvalue weighted by Crippen LogP contribution is 2.50. The van der Waals surface area contributed by atoms with E-state index in [1.54, 1.807) is 0 Å². The Morgan fingerprint density at radius 3 is 2.72 bits per heavy atom. The summed E-state index contributed by atoms with van der Waals surface area (Å²) in [6, 6.07) is 3.46. The summed E-state index contributed by atoms with van der Waals surface area (Å²) in [5.74, 6) is -1.69. The Morgan fingerprint density at radius 1 is 1.25 bits per heavy atom. The Labute approximate surface area is 182 Å². The molecule has 3 N–H and O–H groups in total. The van der Waals surface area contributed by atoms with E-state index in [1.165, 1.54) is 12.1 Å². The first-order chi connectivity index (χ1) is 15.0. The number of amidine groups is 1. The van der Waals surface area contributed by atoms with Gasteiger partial charge < -0.3 is 15.8 Å². The number of fused-ring (bicyclic) bond motifs is 1. The van der Waals surface area contributed by atoms with Gasteiger partial charge in [-0.2, -0.15) is 13.2 Å². The van der Waals surface area contributed by atoms with Gasteiger partial charge in [0.2, 0.25) is 0 Å². The van der Waals surface area contributed by atoms with E-state index in [4.69, 9.17) is 10.5 Å². The van der Waals surface area contributed by atoms with Crippen molar-refractivity contribution in [2.75, 3.05) is 24.3 Å². The third-order valence-electron chi connectivity index (χ3n) is 5.29. The molecule has 2 aliphatic rings. The number of amides is 1. The normalized spacial score (nSPS) is 25.6. The molecule has 0 unspecified atom stereocenters. The Hall–Kier alpha value is -2.80. The lowest BCUT2D eigenvalue weighted by Crippen LogP contribution is -2.59. The molecule has 1 aromatic heterocycles. The van der Waals surface area contributed by atoms with Crippen LogP contribution in [0.2, 0.25) is 0 Å². The van der Waals surface area contributed by atoms with Crippen molar-refractivity contribution in [3.63, 3.8) is 0 Å². The zero-order chi connectivity index (χ0) is 23.1. The second-order valence-electron chi connectivity index (χ2n) is 7.30. The summed E-state index contributed by atoms with van der Waals surface area (Å²) in [5.41, 5.74) is 0.412. The van der Waals surface area contributed by atoms with Crippen LogP contribution in [0.15, 0.2) is 35.6 Å². The highest BCUT2D eigenvalue weighted by Gasteiger charge is 2.59. The Bertz CT molecular complexity index is 1080. The monoisotopic (exact) mass is 473 g/mol. The lowest BCUT2D eigenvalue weighted by Gasteiger charge is -2.48. The first-order valence-corrected chi connectivity index (χ1v) is 10.3. The van der Waals surface area contributed by atoms with Crippen molar-refractivity contribution < 1.29 is 31.5 Å². The number of aromatic nitrogens is 2. The van der Waals surface area contributed by atoms with Crippen LogP contribution < -0.4 is 11.1 Å². The van der Waals surface area contributed by atoms with Gasteiger partial charge in [-0.15, -0.1) is 0 Å². The minimum atomic E-state index is -4.70. The fourth-order valence-corrected chi connectivity index (χ4v) is 4.59. The lowest BCUT2D eigenvalue weighted by atomic mass is 9.74. The quantitative estimate of drug-likeness (QED) is 0.664. The number of thioether (sulfide) groups is 1. The van der Waals surface area contributed by atoms with Crippen LogP contribution in [-0.2, 0) is 16.5 Å². The minimum Gasteiger partial charge on any atom is -0.379 e. The summed E-state index contributed by atoms with van der Waals surface area (Å²) in [4.78, 5) is 23.3. The number of rotatable bonds is 3. The number of halogens is 5. The molecule has 1 saturated heterocycles. The molecule has 0 bridgehead atoms. The van der Waals surface area contributed by atoms with Gasteiger partial charge in [0.05, 0.1) is 19.0 Å². The summed E-state index contributed by atoms with van der Waals surface area (Å²) in [6.07, 6.45) is -3.62. The minimum absolute atomic E-state index is 0.0199. The number of carbonyl (C=O) groups excluding carboxylic acids is 1. The number of nitrogens with one attached hydrogen (secondary N) is 1. The Balaban J connectivity index is 1.66. The molecular formula is C19H16F5N5O2S. The number of aliphatic imine (C=N–C) groups is 1. The summed E-state index contributed by atoms with van der Waals surface area (Å²) >= 11 is 1.03. The van der Waals surface area contributed by atoms with E-state index >= 15 is 4.39 Å². The highest BCUT2D eigenvalue weighted by molar-refractivity contribution is 8.13. The fourth-order valence-electron chi connectivity index (χ4n) is 3.61. The maximum Gasteiger partial charge on any atom is 0.434 e. The van der Waals surface area contributed by atoms with E-state index in [0.29, 0.717) is 12.4 Å². The summed E-state index contributed by atoms with van der Waals surface area (Å²) in [6.45, 7) is -0.109. The predicted molar refractivity (Wildman–Crippen MR) is 106 cm³/mol. The summed E-state index contributed by atoms with van der Waals surface area (Å²) in [7, 11) is 0. The van der Waals surface area contributed by atoms with E-state index in [1.807, 2.05) is 0 Å². The van der Waals surface area contributed by atoms with Crippen LogP contribution in [-0.4, -0.2) is 45.7 Å². The van der Waals surface area contributed by atoms with Gasteiger partial charge in [0, 0.05) is 30.0 Å². The number of nitrogens with two attached hydrogens (primary N) is 1. The van der Waals surface area contributed by atoms with Gasteiger partial charge in [-0.05, 0) is 18.2 Å². The SMILES string of the molecule is NC1=N[C@@]2(c3cc(NC(=O)c4cnc(C(F)(F)F)cn4)ccc3F)COCC[C@@]2(F)CS1. The standard InChI is InChI=1S/C19H16F5N5O2S/c20-12-2-1-10(28-15(30)13-6-27-14(7-26-13)19(22,23)24)5-11(12)18-8-31-4-3-17(18,21)9-32-16(25)29-18/h1-2,5-7H,3-4,8-9H2,(H2,25,29)(H,28,30)/t17-,18-/m1/s1. The average Bonchev–Trinajstić information content (AvgIpc) is 2.75. The highest BCUT2D eigenvalue weighted by atomic mass is 32.2. The van der Waals surface area contributed by atoms with Crippen molar-refractivity contribution in [3.05, 3.63) is 53.4 Å². The van der Waals surface area contributed by atoms with Crippen molar-refractivity contribution >= 4 is 28.5 Å². The number of ether oxygens (including phenoxy) is 1. The second-order valence-corrected chi connectivity index (χ2v) is 8.30. The van der Waals surface area contributed by atoms with Crippen LogP contribution >= 0.6 is 11.8 Å². The predicted octanol–water partition coefficient (Wildman–Crippen LogP) is 3.27. The molecule has 1 amide bonds. The summed E-state index contributed by atoms with van der Waals surface area (Å²) < 4.78 is 74.0. The van der Waals surface area contributed by atoms with Crippen LogP contribution in [0.5, 0.6) is 0 Å². The number of carbonyl (C=O) groups is 1. The number of alkyl halides is 4. The Morgan fingerprint density at radius 2 is 2.03 bits per heavy atom. The average molecular weight is 473 g/mol. The van der Waals surface area contributed by atoms with Gasteiger partial charge in [-0.25, -0.2) is 23.7 Å². The molecule has 1 fully saturated rings. The van der Waals surface area contributed by atoms with E-state index in [-0.39, 0.29) is 47.5 Å². The van der Waals surface area contributed by atoms with Crippen molar-refractivity contribution in [2.45, 2.75) is 23.8 Å². The molecule has 0 aliphatic carbocycles. The molecule has 2 atom stereocenters. The number of hydrogen-bond acceptors (Lipinski definition) is 7. The van der Waals surface area contributed by atoms with E-state index in [2.05, 4.69) is 20.3 Å². The third-order valence-corrected chi connectivity index (χ3v) is 6.28. The van der Waals surface area contributed by atoms with Crippen LogP contribution in [0.3, 0.4) is 0 Å². The van der Waals surface area contributed by atoms with Gasteiger partial charge >= 0.3 is 6.18 Å². The van der Waals surface area contributed by atoms with Gasteiger partial charge in [0.1, 0.15) is 17.1 Å². The van der Waals surface area contributed by atoms with Crippen LogP contribution in [0.4, 0.5) is 27.6 Å². The molecule has 3 heterocycles.